The van der Waals surface area contributed by atoms with Gasteiger partial charge in [-0.3, -0.25) is 4.79 Å². The molecule has 0 fully saturated rings. The summed E-state index contributed by atoms with van der Waals surface area (Å²) in [5, 5.41) is 2.38. The highest BCUT2D eigenvalue weighted by Crippen LogP contribution is 2.21. The van der Waals surface area contributed by atoms with Crippen molar-refractivity contribution >= 4 is 31.7 Å². The summed E-state index contributed by atoms with van der Waals surface area (Å²) in [5.41, 5.74) is 0.0449. The lowest BCUT2D eigenvalue weighted by Crippen LogP contribution is -2.39. The number of hydrogen-bond acceptors (Lipinski definition) is 5. The quantitative estimate of drug-likeness (QED) is 0.643. The lowest BCUT2D eigenvalue weighted by molar-refractivity contribution is -0.142. The maximum atomic E-state index is 11.8. The number of carbonyl (C=O) groups excluding carboxylic acids is 2. The molecule has 0 bridgehead atoms. The van der Waals surface area contributed by atoms with E-state index in [0.29, 0.717) is 0 Å². The third-order valence-electron chi connectivity index (χ3n) is 2.19. The molecular weight excluding hydrogens is 353 g/mol. The zero-order valence-electron chi connectivity index (χ0n) is 9.81. The van der Waals surface area contributed by atoms with E-state index >= 15 is 0 Å². The van der Waals surface area contributed by atoms with Crippen molar-refractivity contribution < 1.29 is 20.5 Å². The molecule has 1 aromatic rings. The minimum Gasteiger partial charge on any atom is -0.467 e. The van der Waals surface area contributed by atoms with Crippen LogP contribution in [0.15, 0.2) is 24.3 Å². The first-order chi connectivity index (χ1) is 8.47. The number of amides is 1. The lowest BCUT2D eigenvalue weighted by Gasteiger charge is -2.11. The fraction of sp³-hybridized carbons (Fsp3) is 0.273. The van der Waals surface area contributed by atoms with Crippen molar-refractivity contribution in [2.75, 3.05) is 7.11 Å². The first kappa shape index (κ1) is 14.6. The third-order valence-corrected chi connectivity index (χ3v) is 4.08. The zero-order valence-corrected chi connectivity index (χ0v) is 12.0. The Balaban J connectivity index is 2.95. The van der Waals surface area contributed by atoms with Crippen LogP contribution in [0.2, 0.25) is 0 Å². The lowest BCUT2D eigenvalue weighted by atomic mass is 10.2. The Morgan fingerprint density at radius 2 is 1.89 bits per heavy atom. The van der Waals surface area contributed by atoms with E-state index in [1.165, 1.54) is 32.2 Å². The minimum absolute atomic E-state index is 0.0104. The molecule has 0 saturated heterocycles. The first-order valence-corrected chi connectivity index (χ1v) is 7.84. The zero-order chi connectivity index (χ0) is 13.7. The Bertz CT molecular complexity index is 530. The summed E-state index contributed by atoms with van der Waals surface area (Å²) in [5.74, 6) is -1.21. The van der Waals surface area contributed by atoms with Gasteiger partial charge in [-0.1, -0.05) is 12.1 Å². The van der Waals surface area contributed by atoms with Crippen molar-refractivity contribution in [3.63, 3.8) is 0 Å². The van der Waals surface area contributed by atoms with E-state index in [-0.39, 0.29) is 9.13 Å². The Kier molecular flexibility index (Phi) is 5.20. The Hall–Kier alpha value is -1.51. The molecule has 1 aromatic carbocycles. The van der Waals surface area contributed by atoms with Crippen LogP contribution in [0.3, 0.4) is 0 Å². The maximum Gasteiger partial charge on any atom is 0.341 e. The largest absolute Gasteiger partial charge is 0.467 e. The van der Waals surface area contributed by atoms with Crippen molar-refractivity contribution in [1.82, 2.24) is 5.32 Å². The van der Waals surface area contributed by atoms with E-state index in [1.807, 2.05) is 0 Å². The molecule has 1 amide bonds. The van der Waals surface area contributed by atoms with Gasteiger partial charge in [-0.15, -0.1) is 0 Å². The number of esters is 1. The highest BCUT2D eigenvalue weighted by atomic mass is 127. The topological polar surface area (TPSA) is 89.5 Å². The van der Waals surface area contributed by atoms with E-state index < -0.39 is 37.7 Å². The van der Waals surface area contributed by atoms with Gasteiger partial charge in [0, 0.05) is 0 Å². The molecular formula is C11H12INO5. The molecule has 0 spiro atoms. The number of benzene rings is 1. The van der Waals surface area contributed by atoms with Crippen molar-refractivity contribution in [3.05, 3.63) is 33.4 Å². The van der Waals surface area contributed by atoms with Crippen LogP contribution in [0, 0.1) is 3.57 Å². The standard InChI is InChI=1S/C11H12INO5/c1-7(11(15)18-2)13-10(14)8-5-3-4-6-9(8)12(16)17/h3-7H,1-2H3,(H,13,14)/t7-/m0/s1. The van der Waals surface area contributed by atoms with E-state index in [2.05, 4.69) is 10.1 Å². The van der Waals surface area contributed by atoms with Gasteiger partial charge in [0.2, 0.25) is 0 Å². The molecule has 0 aliphatic rings. The van der Waals surface area contributed by atoms with Gasteiger partial charge in [0.1, 0.15) is 6.04 Å². The third kappa shape index (κ3) is 3.49. The van der Waals surface area contributed by atoms with Crippen LogP contribution in [-0.2, 0) is 15.7 Å². The SMILES string of the molecule is COC(=O)[C@H](C)NC(=O)c1ccccc1I(=O)=O. The maximum absolute atomic E-state index is 11.8. The highest BCUT2D eigenvalue weighted by Gasteiger charge is 2.19. The molecule has 98 valence electrons. The van der Waals surface area contributed by atoms with Crippen molar-refractivity contribution in [1.29, 1.82) is 0 Å². The summed E-state index contributed by atoms with van der Waals surface area (Å²) in [7, 11) is 1.21. The van der Waals surface area contributed by atoms with Gasteiger partial charge in [0.15, 0.2) is 0 Å². The fourth-order valence-electron chi connectivity index (χ4n) is 1.29. The van der Waals surface area contributed by atoms with Crippen LogP contribution in [0.5, 0.6) is 0 Å². The van der Waals surface area contributed by atoms with Gasteiger partial charge in [0.05, 0.1) is 16.2 Å². The molecule has 0 aliphatic carbocycles. The van der Waals surface area contributed by atoms with Gasteiger partial charge in [-0.25, -0.2) is 10.9 Å². The molecule has 18 heavy (non-hydrogen) atoms. The summed E-state index contributed by atoms with van der Waals surface area (Å²) >= 11 is -3.75. The van der Waals surface area contributed by atoms with E-state index in [0.717, 1.165) is 0 Å². The Morgan fingerprint density at radius 3 is 2.44 bits per heavy atom. The smallest absolute Gasteiger partial charge is 0.341 e. The van der Waals surface area contributed by atoms with Crippen LogP contribution in [0.4, 0.5) is 0 Å². The number of rotatable bonds is 4. The van der Waals surface area contributed by atoms with E-state index in [4.69, 9.17) is 0 Å². The van der Waals surface area contributed by atoms with Gasteiger partial charge in [-0.05, 0) is 19.1 Å². The number of methoxy groups -OCH3 is 1. The van der Waals surface area contributed by atoms with Crippen LogP contribution in [0.25, 0.3) is 0 Å². The average molecular weight is 365 g/mol. The van der Waals surface area contributed by atoms with E-state index in [1.54, 1.807) is 6.07 Å². The predicted molar refractivity (Wildman–Crippen MR) is 69.5 cm³/mol. The molecule has 0 unspecified atom stereocenters. The number of ether oxygens (including phenoxy) is 1. The molecule has 0 heterocycles. The van der Waals surface area contributed by atoms with Crippen LogP contribution >= 0.6 is 19.8 Å². The molecule has 1 atom stereocenters. The summed E-state index contributed by atoms with van der Waals surface area (Å²) in [6.07, 6.45) is 0. The number of halogens is 1. The van der Waals surface area contributed by atoms with E-state index in [9.17, 15) is 15.7 Å². The Labute approximate surface area is 111 Å². The predicted octanol–water partition coefficient (Wildman–Crippen LogP) is 1.34. The van der Waals surface area contributed by atoms with Gasteiger partial charge in [0.25, 0.3) is 5.91 Å². The molecule has 0 saturated carbocycles. The minimum atomic E-state index is -3.75. The molecule has 0 aromatic heterocycles. The Morgan fingerprint density at radius 1 is 1.28 bits per heavy atom. The van der Waals surface area contributed by atoms with Crippen LogP contribution < -0.4 is 5.32 Å². The second kappa shape index (κ2) is 6.43. The van der Waals surface area contributed by atoms with Crippen molar-refractivity contribution in [2.24, 2.45) is 0 Å². The molecule has 0 aliphatic heterocycles. The highest BCUT2D eigenvalue weighted by molar-refractivity contribution is 14.2. The first-order valence-electron chi connectivity index (χ1n) is 5.00. The molecule has 1 rings (SSSR count). The fourth-order valence-corrected chi connectivity index (χ4v) is 2.69. The monoisotopic (exact) mass is 365 g/mol. The second-order valence-corrected chi connectivity index (χ2v) is 5.82. The van der Waals surface area contributed by atoms with Crippen molar-refractivity contribution in [3.8, 4) is 0 Å². The van der Waals surface area contributed by atoms with Crippen molar-refractivity contribution in [2.45, 2.75) is 13.0 Å². The van der Waals surface area contributed by atoms with Gasteiger partial charge in [-0.2, -0.15) is 0 Å². The second-order valence-electron chi connectivity index (χ2n) is 3.42. The molecule has 1 N–H and O–H groups in total. The van der Waals surface area contributed by atoms with Crippen LogP contribution in [-0.4, -0.2) is 25.0 Å². The molecule has 0 radical (unpaired) electrons. The summed E-state index contributed by atoms with van der Waals surface area (Å²) in [6.45, 7) is 1.46. The molecule has 6 nitrogen and oxygen atoms in total. The summed E-state index contributed by atoms with van der Waals surface area (Å²) in [6, 6.07) is 5.02. The number of hydrogen-bond donors (Lipinski definition) is 1. The van der Waals surface area contributed by atoms with Crippen LogP contribution in [0.1, 0.15) is 17.3 Å². The summed E-state index contributed by atoms with van der Waals surface area (Å²) < 4.78 is 26.6. The van der Waals surface area contributed by atoms with Gasteiger partial charge >= 0.3 is 25.8 Å². The number of carbonyl (C=O) groups is 2. The molecule has 7 heteroatoms. The number of nitrogens with one attached hydrogen (secondary N) is 1. The average Bonchev–Trinajstić information content (AvgIpc) is 2.37. The summed E-state index contributed by atoms with van der Waals surface area (Å²) in [4.78, 5) is 23.0. The normalized spacial score (nSPS) is 11.9. The van der Waals surface area contributed by atoms with Gasteiger partial charge < -0.3 is 10.1 Å².